The Morgan fingerprint density at radius 1 is 0.369 bits per heavy atom. The summed E-state index contributed by atoms with van der Waals surface area (Å²) in [7, 11) is 0. The number of aryl methyl sites for hydroxylation is 1. The summed E-state index contributed by atoms with van der Waals surface area (Å²) in [6, 6.07) is 82.9. The fourth-order valence-corrected chi connectivity index (χ4v) is 11.2. The summed E-state index contributed by atoms with van der Waals surface area (Å²) >= 11 is 0. The van der Waals surface area contributed by atoms with Crippen LogP contribution in [0, 0.1) is 6.92 Å². The third kappa shape index (κ3) is 6.28. The van der Waals surface area contributed by atoms with E-state index in [4.69, 9.17) is 0 Å². The van der Waals surface area contributed by atoms with Gasteiger partial charge in [-0.2, -0.15) is 0 Å². The minimum atomic E-state index is -0.537. The molecule has 0 amide bonds. The van der Waals surface area contributed by atoms with E-state index in [9.17, 15) is 0 Å². The van der Waals surface area contributed by atoms with Crippen molar-refractivity contribution in [3.05, 3.63) is 280 Å². The van der Waals surface area contributed by atoms with Crippen molar-refractivity contribution in [2.24, 2.45) is 0 Å². The van der Waals surface area contributed by atoms with Gasteiger partial charge in [0.1, 0.15) is 0 Å². The van der Waals surface area contributed by atoms with Crippen molar-refractivity contribution in [3.63, 3.8) is 0 Å². The Morgan fingerprint density at radius 3 is 1.25 bits per heavy atom. The average molecular weight is 838 g/mol. The van der Waals surface area contributed by atoms with Gasteiger partial charge in [-0.15, -0.1) is 0 Å². The van der Waals surface area contributed by atoms with Crippen LogP contribution in [0.25, 0.3) is 22.3 Å². The summed E-state index contributed by atoms with van der Waals surface area (Å²) in [5.41, 5.74) is 21.7. The van der Waals surface area contributed by atoms with Crippen molar-refractivity contribution in [2.75, 3.05) is 4.90 Å². The first kappa shape index (κ1) is 40.5. The van der Waals surface area contributed by atoms with Crippen LogP contribution in [-0.4, -0.2) is 0 Å². The molecule has 0 aromatic heterocycles. The van der Waals surface area contributed by atoms with Gasteiger partial charge in [-0.05, 0) is 133 Å². The third-order valence-electron chi connectivity index (χ3n) is 14.5. The maximum absolute atomic E-state index is 2.50. The molecule has 0 bridgehead atoms. The van der Waals surface area contributed by atoms with Crippen LogP contribution in [0.3, 0.4) is 0 Å². The van der Waals surface area contributed by atoms with Crippen molar-refractivity contribution in [1.82, 2.24) is 0 Å². The molecule has 1 heteroatoms. The molecule has 0 heterocycles. The van der Waals surface area contributed by atoms with Gasteiger partial charge in [0, 0.05) is 17.1 Å². The standard InChI is InChI=1S/C64H55N/c1-43(2)45-27-31-49(32-28-45)64(48-29-25-44(3)26-30-48)59-24-16-14-22-55(59)57-40-38-53(42-61(57)64)65(51-19-11-8-12-20-51)52-37-39-56-54-21-13-15-23-58(54)63(60(56)41-52,47-17-9-7-10-18-47)50-35-33-46(34-36-50)62(4,5)6/h7-43H,1-6H3. The summed E-state index contributed by atoms with van der Waals surface area (Å²) in [6.45, 7) is 13.6. The molecular weight excluding hydrogens is 783 g/mol. The van der Waals surface area contributed by atoms with E-state index in [0.29, 0.717) is 5.92 Å². The minimum absolute atomic E-state index is 0.0408. The quantitative estimate of drug-likeness (QED) is 0.147. The fraction of sp³-hybridized carbons (Fsp3) is 0.156. The molecule has 0 radical (unpaired) electrons. The zero-order valence-corrected chi connectivity index (χ0v) is 38.3. The number of benzene rings is 9. The van der Waals surface area contributed by atoms with Gasteiger partial charge < -0.3 is 4.90 Å². The number of hydrogen-bond acceptors (Lipinski definition) is 1. The van der Waals surface area contributed by atoms with Crippen LogP contribution < -0.4 is 4.90 Å². The third-order valence-corrected chi connectivity index (χ3v) is 14.5. The summed E-state index contributed by atoms with van der Waals surface area (Å²) in [5.74, 6) is 0.442. The number of para-hydroxylation sites is 1. The highest BCUT2D eigenvalue weighted by atomic mass is 15.1. The van der Waals surface area contributed by atoms with Gasteiger partial charge in [0.2, 0.25) is 0 Å². The van der Waals surface area contributed by atoms with E-state index < -0.39 is 10.8 Å². The average Bonchev–Trinajstić information content (AvgIpc) is 3.80. The molecule has 0 saturated heterocycles. The van der Waals surface area contributed by atoms with Gasteiger partial charge in [0.25, 0.3) is 0 Å². The Morgan fingerprint density at radius 2 is 0.769 bits per heavy atom. The predicted octanol–water partition coefficient (Wildman–Crippen LogP) is 16.6. The first-order valence-electron chi connectivity index (χ1n) is 23.3. The molecule has 0 aliphatic heterocycles. The van der Waals surface area contributed by atoms with E-state index in [2.05, 4.69) is 265 Å². The van der Waals surface area contributed by atoms with Crippen LogP contribution >= 0.6 is 0 Å². The lowest BCUT2D eigenvalue weighted by atomic mass is 9.67. The van der Waals surface area contributed by atoms with E-state index in [1.165, 1.54) is 83.5 Å². The van der Waals surface area contributed by atoms with E-state index in [1.54, 1.807) is 0 Å². The van der Waals surface area contributed by atoms with Crippen molar-refractivity contribution < 1.29 is 0 Å². The zero-order valence-electron chi connectivity index (χ0n) is 38.3. The SMILES string of the molecule is Cc1ccc(C2(c3ccc(C(C)C)cc3)c3ccccc3-c3ccc(N(c4ccccc4)c4ccc5c(c4)C(c4ccccc4)(c4ccc(C(C)(C)C)cc4)c4ccccc4-5)cc32)cc1. The van der Waals surface area contributed by atoms with E-state index >= 15 is 0 Å². The Balaban J connectivity index is 1.17. The molecule has 9 aromatic carbocycles. The number of anilines is 3. The van der Waals surface area contributed by atoms with E-state index in [1.807, 2.05) is 0 Å². The highest BCUT2D eigenvalue weighted by molar-refractivity contribution is 5.92. The second-order valence-corrected chi connectivity index (χ2v) is 19.6. The lowest BCUT2D eigenvalue weighted by molar-refractivity contribution is 0.589. The highest BCUT2D eigenvalue weighted by Crippen LogP contribution is 2.59. The molecule has 2 unspecified atom stereocenters. The summed E-state index contributed by atoms with van der Waals surface area (Å²) in [6.07, 6.45) is 0. The molecule has 316 valence electrons. The minimum Gasteiger partial charge on any atom is -0.310 e. The topological polar surface area (TPSA) is 3.24 Å². The second kappa shape index (κ2) is 15.5. The fourth-order valence-electron chi connectivity index (χ4n) is 11.2. The Bertz CT molecular complexity index is 3190. The molecule has 0 saturated carbocycles. The van der Waals surface area contributed by atoms with Crippen LogP contribution in [0.2, 0.25) is 0 Å². The van der Waals surface area contributed by atoms with Crippen LogP contribution in [0.1, 0.15) is 102 Å². The van der Waals surface area contributed by atoms with Gasteiger partial charge in [0.05, 0.1) is 10.8 Å². The molecule has 1 nitrogen and oxygen atoms in total. The normalized spacial score (nSPS) is 17.0. The van der Waals surface area contributed by atoms with Crippen molar-refractivity contribution >= 4 is 17.1 Å². The molecule has 2 aliphatic rings. The molecule has 2 atom stereocenters. The molecule has 9 aromatic rings. The van der Waals surface area contributed by atoms with Crippen LogP contribution in [-0.2, 0) is 16.2 Å². The monoisotopic (exact) mass is 837 g/mol. The first-order chi connectivity index (χ1) is 31.6. The van der Waals surface area contributed by atoms with Crippen molar-refractivity contribution in [3.8, 4) is 22.3 Å². The van der Waals surface area contributed by atoms with Crippen molar-refractivity contribution in [1.29, 1.82) is 0 Å². The second-order valence-electron chi connectivity index (χ2n) is 19.6. The molecule has 0 N–H and O–H groups in total. The summed E-state index contributed by atoms with van der Waals surface area (Å²) in [5, 5.41) is 0. The Labute approximate surface area is 385 Å². The molecular formula is C64H55N. The predicted molar refractivity (Wildman–Crippen MR) is 273 cm³/mol. The molecule has 0 spiro atoms. The first-order valence-corrected chi connectivity index (χ1v) is 23.3. The van der Waals surface area contributed by atoms with Gasteiger partial charge in [0.15, 0.2) is 0 Å². The number of fused-ring (bicyclic) bond motifs is 6. The lowest BCUT2D eigenvalue weighted by Gasteiger charge is -2.36. The molecule has 2 aliphatic carbocycles. The van der Waals surface area contributed by atoms with Crippen molar-refractivity contribution in [2.45, 2.75) is 63.7 Å². The van der Waals surface area contributed by atoms with Crippen LogP contribution in [0.15, 0.2) is 218 Å². The van der Waals surface area contributed by atoms with Gasteiger partial charge >= 0.3 is 0 Å². The maximum atomic E-state index is 2.50. The highest BCUT2D eigenvalue weighted by Gasteiger charge is 2.48. The zero-order chi connectivity index (χ0) is 44.5. The van der Waals surface area contributed by atoms with E-state index in [0.717, 1.165) is 17.1 Å². The molecule has 65 heavy (non-hydrogen) atoms. The van der Waals surface area contributed by atoms with Crippen LogP contribution in [0.4, 0.5) is 17.1 Å². The van der Waals surface area contributed by atoms with E-state index in [-0.39, 0.29) is 5.41 Å². The summed E-state index contributed by atoms with van der Waals surface area (Å²) < 4.78 is 0. The largest absolute Gasteiger partial charge is 0.310 e. The molecule has 0 fully saturated rings. The van der Waals surface area contributed by atoms with Gasteiger partial charge in [-0.1, -0.05) is 222 Å². The van der Waals surface area contributed by atoms with Gasteiger partial charge in [-0.3, -0.25) is 0 Å². The number of rotatable bonds is 8. The Kier molecular flexibility index (Phi) is 9.67. The van der Waals surface area contributed by atoms with Gasteiger partial charge in [-0.25, -0.2) is 0 Å². The number of hydrogen-bond donors (Lipinski definition) is 0. The maximum Gasteiger partial charge on any atom is 0.0714 e. The molecule has 11 rings (SSSR count). The number of nitrogens with zero attached hydrogens (tertiary/aromatic N) is 1. The Hall–Kier alpha value is -7.22. The lowest BCUT2D eigenvalue weighted by Crippen LogP contribution is -2.29. The smallest absolute Gasteiger partial charge is 0.0714 e. The van der Waals surface area contributed by atoms with Crippen LogP contribution in [0.5, 0.6) is 0 Å². The summed E-state index contributed by atoms with van der Waals surface area (Å²) in [4.78, 5) is 2.48.